The molecule has 2 aromatic carbocycles. The van der Waals surface area contributed by atoms with Gasteiger partial charge in [0.15, 0.2) is 5.82 Å². The molecule has 0 aliphatic carbocycles. The third-order valence-electron chi connectivity index (χ3n) is 5.30. The predicted octanol–water partition coefficient (Wildman–Crippen LogP) is 4.62. The average molecular weight is 473 g/mol. The number of nitrogen functional groups attached to an aromatic ring is 1. The van der Waals surface area contributed by atoms with Crippen molar-refractivity contribution in [1.29, 1.82) is 0 Å². The first-order valence-electron chi connectivity index (χ1n) is 11.1. The van der Waals surface area contributed by atoms with Gasteiger partial charge in [0.1, 0.15) is 16.4 Å². The van der Waals surface area contributed by atoms with E-state index in [1.54, 1.807) is 30.2 Å². The highest BCUT2D eigenvalue weighted by Gasteiger charge is 2.22. The first kappa shape index (κ1) is 23.5. The topological polar surface area (TPSA) is 91.1 Å². The summed E-state index contributed by atoms with van der Waals surface area (Å²) in [5.74, 6) is 1.48. The SMILES string of the molecule is CC(C)Cn1c(N)c(C(=NCc2ccc(-c3ncccn3)cc2)Sc2ccccc2)c(=O)n1C. The largest absolute Gasteiger partial charge is 0.383 e. The lowest BCUT2D eigenvalue weighted by molar-refractivity contribution is 0.428. The molecule has 0 radical (unpaired) electrons. The minimum absolute atomic E-state index is 0.142. The van der Waals surface area contributed by atoms with E-state index in [4.69, 9.17) is 10.7 Å². The highest BCUT2D eigenvalue weighted by molar-refractivity contribution is 8.14. The summed E-state index contributed by atoms with van der Waals surface area (Å²) < 4.78 is 3.42. The van der Waals surface area contributed by atoms with Crippen molar-refractivity contribution in [3.05, 3.63) is 94.5 Å². The molecule has 8 heteroatoms. The number of rotatable bonds is 7. The third-order valence-corrected chi connectivity index (χ3v) is 6.33. The number of benzene rings is 2. The van der Waals surface area contributed by atoms with Gasteiger partial charge in [-0.15, -0.1) is 0 Å². The number of aliphatic imine (C=N–C) groups is 1. The third kappa shape index (κ3) is 5.28. The normalized spacial score (nSPS) is 11.8. The molecule has 4 rings (SSSR count). The van der Waals surface area contributed by atoms with Crippen LogP contribution in [0.1, 0.15) is 25.0 Å². The Bertz CT molecular complexity index is 1330. The molecule has 0 fully saturated rings. The maximum absolute atomic E-state index is 13.2. The summed E-state index contributed by atoms with van der Waals surface area (Å²) in [6.45, 7) is 5.27. The molecule has 0 atom stereocenters. The van der Waals surface area contributed by atoms with Gasteiger partial charge in [-0.05, 0) is 29.7 Å². The summed E-state index contributed by atoms with van der Waals surface area (Å²) in [6, 6.07) is 19.7. The fourth-order valence-corrected chi connectivity index (χ4v) is 4.51. The van der Waals surface area contributed by atoms with Crippen LogP contribution in [0.2, 0.25) is 0 Å². The van der Waals surface area contributed by atoms with Crippen LogP contribution in [-0.2, 0) is 20.1 Å². The van der Waals surface area contributed by atoms with E-state index in [1.807, 2.05) is 59.3 Å². The molecule has 4 aromatic rings. The van der Waals surface area contributed by atoms with E-state index in [0.29, 0.717) is 41.3 Å². The smallest absolute Gasteiger partial charge is 0.278 e. The quantitative estimate of drug-likeness (QED) is 0.241. The minimum atomic E-state index is -0.142. The maximum Gasteiger partial charge on any atom is 0.278 e. The van der Waals surface area contributed by atoms with Crippen LogP contribution < -0.4 is 11.3 Å². The van der Waals surface area contributed by atoms with Crippen LogP contribution in [0.4, 0.5) is 5.82 Å². The summed E-state index contributed by atoms with van der Waals surface area (Å²) in [5.41, 5.74) is 8.76. The second-order valence-corrected chi connectivity index (χ2v) is 9.43. The lowest BCUT2D eigenvalue weighted by Gasteiger charge is -2.12. The molecule has 0 saturated heterocycles. The number of thioether (sulfide) groups is 1. The number of nitrogens with zero attached hydrogens (tertiary/aromatic N) is 5. The van der Waals surface area contributed by atoms with Gasteiger partial charge in [0.25, 0.3) is 5.56 Å². The van der Waals surface area contributed by atoms with Gasteiger partial charge in [-0.1, -0.05) is 68.1 Å². The predicted molar refractivity (Wildman–Crippen MR) is 139 cm³/mol. The van der Waals surface area contributed by atoms with Crippen molar-refractivity contribution in [3.8, 4) is 11.4 Å². The fourth-order valence-electron chi connectivity index (χ4n) is 3.57. The lowest BCUT2D eigenvalue weighted by atomic mass is 10.1. The van der Waals surface area contributed by atoms with Crippen LogP contribution in [-0.4, -0.2) is 24.4 Å². The molecule has 2 aromatic heterocycles. The van der Waals surface area contributed by atoms with E-state index in [9.17, 15) is 4.79 Å². The van der Waals surface area contributed by atoms with Crippen LogP contribution in [0, 0.1) is 5.92 Å². The zero-order valence-corrected chi connectivity index (χ0v) is 20.4. The molecule has 0 bridgehead atoms. The van der Waals surface area contributed by atoms with Crippen LogP contribution >= 0.6 is 11.8 Å². The number of aromatic nitrogens is 4. The number of hydrogen-bond donors (Lipinski definition) is 1. The molecule has 0 saturated carbocycles. The molecule has 0 aliphatic rings. The van der Waals surface area contributed by atoms with Gasteiger partial charge < -0.3 is 5.73 Å². The minimum Gasteiger partial charge on any atom is -0.383 e. The number of hydrogen-bond acceptors (Lipinski definition) is 6. The summed E-state index contributed by atoms with van der Waals surface area (Å²) in [4.78, 5) is 27.6. The van der Waals surface area contributed by atoms with Crippen molar-refractivity contribution in [2.24, 2.45) is 18.0 Å². The summed E-state index contributed by atoms with van der Waals surface area (Å²) in [5, 5.41) is 0.613. The summed E-state index contributed by atoms with van der Waals surface area (Å²) in [6.07, 6.45) is 3.45. The Balaban J connectivity index is 1.68. The molecule has 0 aliphatic heterocycles. The molecule has 2 N–H and O–H groups in total. The van der Waals surface area contributed by atoms with Crippen LogP contribution in [0.3, 0.4) is 0 Å². The molecular weight excluding hydrogens is 444 g/mol. The first-order valence-corrected chi connectivity index (χ1v) is 11.9. The standard InChI is InChI=1S/C26H28N6OS/c1-18(2)17-32-23(27)22(26(33)31(32)3)25(34-21-8-5-4-6-9-21)30-16-19-10-12-20(13-11-19)24-28-14-7-15-29-24/h4-15,18H,16-17,27H2,1-3H3. The molecule has 2 heterocycles. The molecule has 7 nitrogen and oxygen atoms in total. The van der Waals surface area contributed by atoms with Gasteiger partial charge in [-0.3, -0.25) is 19.2 Å². The van der Waals surface area contributed by atoms with E-state index in [2.05, 4.69) is 23.8 Å². The Morgan fingerprint density at radius 3 is 2.35 bits per heavy atom. The zero-order chi connectivity index (χ0) is 24.1. The highest BCUT2D eigenvalue weighted by atomic mass is 32.2. The van der Waals surface area contributed by atoms with E-state index in [1.165, 1.54) is 11.8 Å². The molecule has 174 valence electrons. The van der Waals surface area contributed by atoms with Crippen molar-refractivity contribution in [2.45, 2.75) is 31.8 Å². The molecule has 0 spiro atoms. The molecule has 0 unspecified atom stereocenters. The summed E-state index contributed by atoms with van der Waals surface area (Å²) >= 11 is 1.45. The van der Waals surface area contributed by atoms with Crippen molar-refractivity contribution in [2.75, 3.05) is 5.73 Å². The molecule has 0 amide bonds. The maximum atomic E-state index is 13.2. The number of anilines is 1. The number of nitrogens with two attached hydrogens (primary N) is 1. The Morgan fingerprint density at radius 1 is 1.03 bits per heavy atom. The Kier molecular flexibility index (Phi) is 7.27. The van der Waals surface area contributed by atoms with Gasteiger partial charge in [0.2, 0.25) is 0 Å². The van der Waals surface area contributed by atoms with Crippen LogP contribution in [0.25, 0.3) is 11.4 Å². The van der Waals surface area contributed by atoms with E-state index in [0.717, 1.165) is 16.0 Å². The monoisotopic (exact) mass is 472 g/mol. The lowest BCUT2D eigenvalue weighted by Crippen LogP contribution is -2.23. The second kappa shape index (κ2) is 10.5. The Labute approximate surface area is 203 Å². The van der Waals surface area contributed by atoms with Gasteiger partial charge in [0, 0.05) is 36.4 Å². The summed E-state index contributed by atoms with van der Waals surface area (Å²) in [7, 11) is 1.75. The van der Waals surface area contributed by atoms with Gasteiger partial charge in [0.05, 0.1) is 6.54 Å². The van der Waals surface area contributed by atoms with E-state index in [-0.39, 0.29) is 5.56 Å². The van der Waals surface area contributed by atoms with Gasteiger partial charge >= 0.3 is 0 Å². The highest BCUT2D eigenvalue weighted by Crippen LogP contribution is 2.26. The first-order chi connectivity index (χ1) is 16.4. The average Bonchev–Trinajstić information content (AvgIpc) is 3.06. The Morgan fingerprint density at radius 2 is 1.71 bits per heavy atom. The van der Waals surface area contributed by atoms with Crippen molar-refractivity contribution in [1.82, 2.24) is 19.3 Å². The van der Waals surface area contributed by atoms with Crippen LogP contribution in [0.15, 0.2) is 87.7 Å². The van der Waals surface area contributed by atoms with Gasteiger partial charge in [-0.25, -0.2) is 9.97 Å². The Hall–Kier alpha value is -3.65. The zero-order valence-electron chi connectivity index (χ0n) is 19.5. The second-order valence-electron chi connectivity index (χ2n) is 8.37. The molecular formula is C26H28N6OS. The van der Waals surface area contributed by atoms with E-state index >= 15 is 0 Å². The van der Waals surface area contributed by atoms with E-state index < -0.39 is 0 Å². The van der Waals surface area contributed by atoms with Crippen molar-refractivity contribution >= 4 is 22.6 Å². The fraction of sp³-hybridized carbons (Fsp3) is 0.231. The van der Waals surface area contributed by atoms with Crippen LogP contribution in [0.5, 0.6) is 0 Å². The van der Waals surface area contributed by atoms with Gasteiger partial charge in [-0.2, -0.15) is 0 Å². The van der Waals surface area contributed by atoms with Crippen molar-refractivity contribution in [3.63, 3.8) is 0 Å². The molecule has 34 heavy (non-hydrogen) atoms. The van der Waals surface area contributed by atoms with Crippen molar-refractivity contribution < 1.29 is 0 Å².